The first-order valence-electron chi connectivity index (χ1n) is 2.63. The van der Waals surface area contributed by atoms with Crippen LogP contribution in [0, 0.1) is 0 Å². The van der Waals surface area contributed by atoms with Crippen LogP contribution in [0.25, 0.3) is 0 Å². The molecule has 0 heterocycles. The van der Waals surface area contributed by atoms with Crippen LogP contribution in [0.1, 0.15) is 0 Å². The molecule has 0 saturated heterocycles. The molecule has 0 aliphatic carbocycles. The number of hydrogen-bond acceptors (Lipinski definition) is 0. The van der Waals surface area contributed by atoms with E-state index in [0.29, 0.717) is 0 Å². The van der Waals surface area contributed by atoms with E-state index >= 15 is 0 Å². The van der Waals surface area contributed by atoms with Crippen LogP contribution in [0.3, 0.4) is 0 Å². The Morgan fingerprint density at radius 3 is 1.38 bits per heavy atom. The molecule has 0 aliphatic rings. The second kappa shape index (κ2) is 2.89. The fourth-order valence-corrected chi connectivity index (χ4v) is 0. The first kappa shape index (κ1) is 9.92. The average molecular weight is 322 g/mol. The van der Waals surface area contributed by atoms with Crippen molar-refractivity contribution >= 4 is 42.9 Å². The minimum atomic E-state index is -2.10. The molecule has 0 atom stereocenters. The standard InChI is InChI=1S/C2H6ClGe.2CH3.ClH.Sn/c1-4(2)3;;;;/h1-2H3;2*1H3;1H;/q;;;;+1/p-1. The Morgan fingerprint density at radius 2 is 1.38 bits per heavy atom. The van der Waals surface area contributed by atoms with Gasteiger partial charge in [0.15, 0.2) is 0 Å². The SMILES string of the molecule is [CH3][Ge]([CH3])([Cl])[Sn]([CH3])([CH3])[Cl]. The van der Waals surface area contributed by atoms with Crippen LogP contribution >= 0.6 is 18.9 Å². The van der Waals surface area contributed by atoms with Crippen molar-refractivity contribution in [1.82, 2.24) is 0 Å². The van der Waals surface area contributed by atoms with Gasteiger partial charge >= 0.3 is 64.2 Å². The van der Waals surface area contributed by atoms with E-state index in [9.17, 15) is 0 Å². The normalized spacial score (nSPS) is 14.2. The molecule has 4 heteroatoms. The van der Waals surface area contributed by atoms with Gasteiger partial charge in [0.2, 0.25) is 0 Å². The van der Waals surface area contributed by atoms with Gasteiger partial charge in [0.25, 0.3) is 0 Å². The zero-order chi connectivity index (χ0) is 7.00. The Morgan fingerprint density at radius 1 is 1.25 bits per heavy atom. The zero-order valence-corrected chi connectivity index (χ0v) is 12.2. The summed E-state index contributed by atoms with van der Waals surface area (Å²) in [6.45, 7) is 0. The summed E-state index contributed by atoms with van der Waals surface area (Å²) in [4.78, 5) is 4.40. The van der Waals surface area contributed by atoms with E-state index in [1.165, 1.54) is 0 Å². The van der Waals surface area contributed by atoms with Crippen LogP contribution in [0.4, 0.5) is 0 Å². The molecule has 0 fully saturated rings. The number of hydrogen-bond donors (Lipinski definition) is 0. The van der Waals surface area contributed by atoms with Crippen molar-refractivity contribution in [1.29, 1.82) is 0 Å². The van der Waals surface area contributed by atoms with E-state index in [4.69, 9.17) is 18.9 Å². The topological polar surface area (TPSA) is 0 Å². The summed E-state index contributed by atoms with van der Waals surface area (Å²) in [5.74, 6) is 4.37. The van der Waals surface area contributed by atoms with Crippen LogP contribution in [-0.2, 0) is 0 Å². The maximum absolute atomic E-state index is 6.17. The quantitative estimate of drug-likeness (QED) is 0.651. The van der Waals surface area contributed by atoms with Crippen molar-refractivity contribution in [2.24, 2.45) is 0 Å². The van der Waals surface area contributed by atoms with E-state index in [1.807, 2.05) is 0 Å². The van der Waals surface area contributed by atoms with Crippen molar-refractivity contribution in [2.75, 3.05) is 0 Å². The van der Waals surface area contributed by atoms with Gasteiger partial charge in [0.1, 0.15) is 0 Å². The molecular weight excluding hydrogens is 310 g/mol. The summed E-state index contributed by atoms with van der Waals surface area (Å²) >= 11 is -2.10. The van der Waals surface area contributed by atoms with Gasteiger partial charge in [-0.1, -0.05) is 0 Å². The van der Waals surface area contributed by atoms with Crippen molar-refractivity contribution < 1.29 is 0 Å². The van der Waals surface area contributed by atoms with Crippen LogP contribution in [0.2, 0.25) is 21.4 Å². The molecule has 0 rings (SSSR count). The van der Waals surface area contributed by atoms with Crippen molar-refractivity contribution in [3.63, 3.8) is 0 Å². The molecule has 8 heavy (non-hydrogen) atoms. The molecule has 0 nitrogen and oxygen atoms in total. The van der Waals surface area contributed by atoms with Gasteiger partial charge in [-0.3, -0.25) is 0 Å². The predicted octanol–water partition coefficient (Wildman–Crippen LogP) is 2.95. The van der Waals surface area contributed by atoms with Gasteiger partial charge in [0, 0.05) is 0 Å². The molecule has 0 aromatic carbocycles. The van der Waals surface area contributed by atoms with Crippen molar-refractivity contribution in [3.8, 4) is 0 Å². The monoisotopic (exact) mass is 324 g/mol. The Balaban J connectivity index is 4.02. The summed E-state index contributed by atoms with van der Waals surface area (Å²) in [7, 11) is 10.5. The Hall–Kier alpha value is 1.92. The predicted molar refractivity (Wildman–Crippen MR) is 46.7 cm³/mol. The summed E-state index contributed by atoms with van der Waals surface area (Å²) in [5.41, 5.74) is 0. The fraction of sp³-hybridized carbons (Fsp3) is 1.00. The van der Waals surface area contributed by atoms with Gasteiger partial charge in [-0.05, 0) is 0 Å². The van der Waals surface area contributed by atoms with E-state index in [2.05, 4.69) is 21.4 Å². The molecule has 0 radical (unpaired) electrons. The van der Waals surface area contributed by atoms with Gasteiger partial charge < -0.3 is 0 Å². The zero-order valence-electron chi connectivity index (χ0n) is 5.76. The van der Waals surface area contributed by atoms with Crippen LogP contribution in [0.15, 0.2) is 0 Å². The third-order valence-electron chi connectivity index (χ3n) is 1.41. The molecule has 0 unspecified atom stereocenters. The molecule has 0 saturated carbocycles. The summed E-state index contributed by atoms with van der Waals surface area (Å²) < 4.78 is 0. The Labute approximate surface area is 63.6 Å². The van der Waals surface area contributed by atoms with Gasteiger partial charge in [0.05, 0.1) is 0 Å². The number of halogens is 2. The first-order chi connectivity index (χ1) is 3.25. The second-order valence-corrected chi connectivity index (χ2v) is 74.1. The third-order valence-corrected chi connectivity index (χ3v) is 85.6. The van der Waals surface area contributed by atoms with E-state index in [1.54, 1.807) is 0 Å². The molecule has 0 aromatic rings. The Kier molecular flexibility index (Phi) is 3.58. The van der Waals surface area contributed by atoms with E-state index < -0.39 is 23.9 Å². The minimum absolute atomic E-state index is 1.86. The summed E-state index contributed by atoms with van der Waals surface area (Å²) in [6, 6.07) is 0. The maximum atomic E-state index is 6.17. The van der Waals surface area contributed by atoms with Gasteiger partial charge in [-0.2, -0.15) is 0 Å². The Bertz CT molecular complexity index is 69.0. The summed E-state index contributed by atoms with van der Waals surface area (Å²) in [5, 5.41) is 0. The van der Waals surface area contributed by atoms with Crippen LogP contribution in [0.5, 0.6) is 0 Å². The van der Waals surface area contributed by atoms with E-state index in [-0.39, 0.29) is 0 Å². The molecule has 0 bridgehead atoms. The molecule has 0 amide bonds. The van der Waals surface area contributed by atoms with Crippen LogP contribution in [-0.4, -0.2) is 23.9 Å². The average Bonchev–Trinajstić information content (AvgIpc) is 1.25. The van der Waals surface area contributed by atoms with Crippen molar-refractivity contribution in [2.45, 2.75) is 21.4 Å². The number of rotatable bonds is 1. The molecule has 0 spiro atoms. The second-order valence-electron chi connectivity index (χ2n) is 2.94. The van der Waals surface area contributed by atoms with E-state index in [0.717, 1.165) is 0 Å². The van der Waals surface area contributed by atoms with Crippen molar-refractivity contribution in [3.05, 3.63) is 0 Å². The van der Waals surface area contributed by atoms with Crippen LogP contribution < -0.4 is 0 Å². The summed E-state index contributed by atoms with van der Waals surface area (Å²) in [6.07, 6.45) is 0. The molecule has 0 N–H and O–H groups in total. The van der Waals surface area contributed by atoms with Gasteiger partial charge in [-0.25, -0.2) is 0 Å². The molecule has 0 aliphatic heterocycles. The molecule has 0 aromatic heterocycles. The van der Waals surface area contributed by atoms with Gasteiger partial charge in [-0.15, -0.1) is 0 Å². The third kappa shape index (κ3) is 3.18. The first-order valence-corrected chi connectivity index (χ1v) is 27.4. The molecule has 50 valence electrons. The molecular formula is C4H12Cl2GeSn. The fourth-order valence-electron chi connectivity index (χ4n) is 0.